The third-order valence-corrected chi connectivity index (χ3v) is 2.05. The van der Waals surface area contributed by atoms with Crippen LogP contribution < -0.4 is 11.5 Å². The molecule has 0 saturated carbocycles. The van der Waals surface area contributed by atoms with Crippen LogP contribution >= 0.6 is 0 Å². The third kappa shape index (κ3) is 6.45. The molecule has 1 atom stereocenters. The predicted octanol–water partition coefficient (Wildman–Crippen LogP) is 2.60. The lowest BCUT2D eigenvalue weighted by molar-refractivity contribution is 0.688. The van der Waals surface area contributed by atoms with E-state index in [1.54, 1.807) is 0 Å². The summed E-state index contributed by atoms with van der Waals surface area (Å²) in [6.07, 6.45) is 3.49. The van der Waals surface area contributed by atoms with E-state index in [9.17, 15) is 0 Å². The van der Waals surface area contributed by atoms with E-state index >= 15 is 0 Å². The molecule has 0 aromatic rings. The average Bonchev–Trinajstić information content (AvgIpc) is 2.15. The van der Waals surface area contributed by atoms with E-state index < -0.39 is 0 Å². The van der Waals surface area contributed by atoms with E-state index in [1.165, 1.54) is 0 Å². The second-order valence-electron chi connectivity index (χ2n) is 3.73. The molecule has 0 aliphatic rings. The molecule has 82 valence electrons. The fourth-order valence-electron chi connectivity index (χ4n) is 1.10. The van der Waals surface area contributed by atoms with Gasteiger partial charge < -0.3 is 11.5 Å². The van der Waals surface area contributed by atoms with Gasteiger partial charge in [0.15, 0.2) is 0 Å². The van der Waals surface area contributed by atoms with Crippen LogP contribution in [0.15, 0.2) is 47.7 Å². The highest BCUT2D eigenvalue weighted by Gasteiger charge is 2.00. The molecular weight excluding hydrogens is 184 g/mol. The maximum atomic E-state index is 5.67. The van der Waals surface area contributed by atoms with E-state index in [4.69, 9.17) is 11.5 Å². The zero-order valence-electron chi connectivity index (χ0n) is 9.64. The zero-order valence-corrected chi connectivity index (χ0v) is 9.64. The zero-order chi connectivity index (χ0) is 11.8. The first-order valence-electron chi connectivity index (χ1n) is 4.96. The van der Waals surface area contributed by atoms with Crippen molar-refractivity contribution >= 4 is 0 Å². The summed E-state index contributed by atoms with van der Waals surface area (Å²) in [4.78, 5) is 0. The summed E-state index contributed by atoms with van der Waals surface area (Å²) < 4.78 is 0. The van der Waals surface area contributed by atoms with Gasteiger partial charge >= 0.3 is 0 Å². The first-order valence-corrected chi connectivity index (χ1v) is 4.96. The van der Waals surface area contributed by atoms with Crippen LogP contribution in [0.5, 0.6) is 0 Å². The van der Waals surface area contributed by atoms with Crippen molar-refractivity contribution in [1.29, 1.82) is 0 Å². The highest BCUT2D eigenvalue weighted by atomic mass is 14.6. The summed E-state index contributed by atoms with van der Waals surface area (Å²) in [6.45, 7) is 11.2. The lowest BCUT2D eigenvalue weighted by Crippen LogP contribution is -2.05. The highest BCUT2D eigenvalue weighted by molar-refractivity contribution is 5.09. The molecule has 0 spiro atoms. The third-order valence-electron chi connectivity index (χ3n) is 2.05. The molecule has 4 N–H and O–H groups in total. The molecule has 0 aromatic carbocycles. The molecule has 0 heterocycles. The first kappa shape index (κ1) is 13.4. The Morgan fingerprint density at radius 3 is 2.53 bits per heavy atom. The Kier molecular flexibility index (Phi) is 6.05. The summed E-state index contributed by atoms with van der Waals surface area (Å²) in [7, 11) is 0. The van der Waals surface area contributed by atoms with Gasteiger partial charge in [0.1, 0.15) is 0 Å². The number of hydrogen-bond donors (Lipinski definition) is 2. The van der Waals surface area contributed by atoms with Gasteiger partial charge in [0.25, 0.3) is 0 Å². The van der Waals surface area contributed by atoms with Crippen LogP contribution in [0.2, 0.25) is 0 Å². The van der Waals surface area contributed by atoms with Gasteiger partial charge in [0, 0.05) is 18.0 Å². The molecule has 0 rings (SSSR count). The quantitative estimate of drug-likeness (QED) is 0.676. The van der Waals surface area contributed by atoms with Gasteiger partial charge in [0.05, 0.1) is 5.70 Å². The Labute approximate surface area is 92.4 Å². The summed E-state index contributed by atoms with van der Waals surface area (Å²) in [5.41, 5.74) is 19.4. The van der Waals surface area contributed by atoms with Gasteiger partial charge in [-0.2, -0.15) is 0 Å². The molecule has 1 unspecified atom stereocenters. The molecule has 0 aliphatic carbocycles. The maximum absolute atomic E-state index is 5.67. The standard InChI is InChI=1S/C13H20N2/c1-5-13(15)11(3)8-6-7-10(2)9-12(4)14/h6,11H,1,4,8-9,14-15H2,2-3H3. The Morgan fingerprint density at radius 2 is 2.07 bits per heavy atom. The van der Waals surface area contributed by atoms with Crippen molar-refractivity contribution in [3.8, 4) is 0 Å². The molecule has 15 heavy (non-hydrogen) atoms. The molecule has 0 aliphatic heterocycles. The maximum Gasteiger partial charge on any atom is 0.0537 e. The monoisotopic (exact) mass is 204 g/mol. The van der Waals surface area contributed by atoms with Crippen molar-refractivity contribution in [1.82, 2.24) is 0 Å². The van der Waals surface area contributed by atoms with E-state index in [-0.39, 0.29) is 5.92 Å². The van der Waals surface area contributed by atoms with Crippen LogP contribution in [0.4, 0.5) is 0 Å². The number of rotatable bonds is 5. The summed E-state index contributed by atoms with van der Waals surface area (Å²) in [6, 6.07) is 0. The average molecular weight is 204 g/mol. The van der Waals surface area contributed by atoms with Crippen molar-refractivity contribution < 1.29 is 0 Å². The van der Waals surface area contributed by atoms with Crippen molar-refractivity contribution in [3.63, 3.8) is 0 Å². The van der Waals surface area contributed by atoms with Crippen LogP contribution in [0, 0.1) is 5.92 Å². The fraction of sp³-hybridized carbons (Fsp3) is 0.385. The Morgan fingerprint density at radius 1 is 1.47 bits per heavy atom. The Hall–Kier alpha value is -1.62. The van der Waals surface area contributed by atoms with E-state index in [2.05, 4.69) is 24.6 Å². The summed E-state index contributed by atoms with van der Waals surface area (Å²) in [5, 5.41) is 0. The van der Waals surface area contributed by atoms with Crippen LogP contribution in [0.3, 0.4) is 0 Å². The molecule has 2 heteroatoms. The smallest absolute Gasteiger partial charge is 0.0537 e. The first-order chi connectivity index (χ1) is 6.97. The highest BCUT2D eigenvalue weighted by Crippen LogP contribution is 2.09. The van der Waals surface area contributed by atoms with Gasteiger partial charge in [0.2, 0.25) is 0 Å². The summed E-state index contributed by atoms with van der Waals surface area (Å²) >= 11 is 0. The van der Waals surface area contributed by atoms with Crippen molar-refractivity contribution in [3.05, 3.63) is 47.7 Å². The molecule has 2 nitrogen and oxygen atoms in total. The molecule has 0 bridgehead atoms. The lowest BCUT2D eigenvalue weighted by Gasteiger charge is -2.04. The Balaban J connectivity index is 4.30. The predicted molar refractivity (Wildman–Crippen MR) is 65.8 cm³/mol. The minimum atomic E-state index is 0.254. The van der Waals surface area contributed by atoms with Crippen LogP contribution in [-0.2, 0) is 0 Å². The van der Waals surface area contributed by atoms with E-state index in [1.807, 2.05) is 19.9 Å². The van der Waals surface area contributed by atoms with Gasteiger partial charge in [-0.05, 0) is 25.0 Å². The largest absolute Gasteiger partial charge is 0.402 e. The van der Waals surface area contributed by atoms with E-state index in [0.29, 0.717) is 17.8 Å². The molecule has 0 amide bonds. The van der Waals surface area contributed by atoms with Gasteiger partial charge in [-0.3, -0.25) is 0 Å². The summed E-state index contributed by atoms with van der Waals surface area (Å²) in [5.74, 6) is 0.254. The van der Waals surface area contributed by atoms with Crippen molar-refractivity contribution in [2.24, 2.45) is 17.4 Å². The number of hydrogen-bond acceptors (Lipinski definition) is 2. The van der Waals surface area contributed by atoms with Crippen LogP contribution in [0.1, 0.15) is 26.7 Å². The SMILES string of the molecule is C=C=C(N)C(C)CC=C=C(C)CC(=C)N. The van der Waals surface area contributed by atoms with Crippen molar-refractivity contribution in [2.45, 2.75) is 26.7 Å². The minimum absolute atomic E-state index is 0.254. The topological polar surface area (TPSA) is 52.0 Å². The van der Waals surface area contributed by atoms with Crippen LogP contribution in [0.25, 0.3) is 0 Å². The molecule has 0 saturated heterocycles. The van der Waals surface area contributed by atoms with Gasteiger partial charge in [-0.25, -0.2) is 0 Å². The second-order valence-corrected chi connectivity index (χ2v) is 3.73. The van der Waals surface area contributed by atoms with Gasteiger partial charge in [-0.15, -0.1) is 11.5 Å². The Bertz CT molecular complexity index is 338. The van der Waals surface area contributed by atoms with Crippen molar-refractivity contribution in [2.75, 3.05) is 0 Å². The molecule has 0 radical (unpaired) electrons. The normalized spacial score (nSPS) is 10.8. The molecular formula is C13H20N2. The lowest BCUT2D eigenvalue weighted by atomic mass is 10.0. The molecule has 0 fully saturated rings. The molecule has 0 aromatic heterocycles. The second kappa shape index (κ2) is 6.78. The van der Waals surface area contributed by atoms with Gasteiger partial charge in [-0.1, -0.05) is 20.1 Å². The fourth-order valence-corrected chi connectivity index (χ4v) is 1.10. The van der Waals surface area contributed by atoms with E-state index in [0.717, 1.165) is 12.0 Å². The van der Waals surface area contributed by atoms with Crippen LogP contribution in [-0.4, -0.2) is 0 Å². The number of allylic oxidation sites excluding steroid dienone is 2. The minimum Gasteiger partial charge on any atom is -0.402 e. The number of nitrogens with two attached hydrogens (primary N) is 2.